The van der Waals surface area contributed by atoms with Gasteiger partial charge < -0.3 is 5.11 Å². The zero-order chi connectivity index (χ0) is 9.42. The van der Waals surface area contributed by atoms with Crippen LogP contribution in [0.2, 0.25) is 5.15 Å². The van der Waals surface area contributed by atoms with Crippen LogP contribution in [0.15, 0.2) is 6.20 Å². The van der Waals surface area contributed by atoms with E-state index in [0.29, 0.717) is 5.15 Å². The minimum absolute atomic E-state index is 0.0574. The van der Waals surface area contributed by atoms with Gasteiger partial charge >= 0.3 is 0 Å². The minimum Gasteiger partial charge on any atom is -0.504 e. The number of aromatic hydroxyl groups is 1. The molecule has 1 atom stereocenters. The molecule has 1 saturated heterocycles. The molecule has 0 aromatic carbocycles. The maximum absolute atomic E-state index is 9.25. The molecule has 2 rings (SSSR count). The summed E-state index contributed by atoms with van der Waals surface area (Å²) in [5, 5.41) is 13.6. The predicted octanol–water partition coefficient (Wildman–Crippen LogP) is 1.47. The van der Waals surface area contributed by atoms with Crippen molar-refractivity contribution in [3.05, 3.63) is 11.3 Å². The SMILES string of the molecule is CN1CCCC1n1ncc(O)c1Cl. The number of rotatable bonds is 1. The molecule has 1 aromatic heterocycles. The van der Waals surface area contributed by atoms with E-state index in [-0.39, 0.29) is 11.9 Å². The summed E-state index contributed by atoms with van der Waals surface area (Å²) in [6.45, 7) is 1.06. The van der Waals surface area contributed by atoms with Crippen molar-refractivity contribution in [2.75, 3.05) is 13.6 Å². The highest BCUT2D eigenvalue weighted by Crippen LogP contribution is 2.31. The Balaban J connectivity index is 2.29. The molecule has 13 heavy (non-hydrogen) atoms. The molecule has 2 heterocycles. The number of hydrogen-bond acceptors (Lipinski definition) is 3. The molecule has 4 nitrogen and oxygen atoms in total. The second kappa shape index (κ2) is 3.20. The van der Waals surface area contributed by atoms with E-state index in [1.165, 1.54) is 6.20 Å². The quantitative estimate of drug-likeness (QED) is 0.748. The molecular weight excluding hydrogens is 190 g/mol. The van der Waals surface area contributed by atoms with Crippen molar-refractivity contribution < 1.29 is 5.11 Å². The molecule has 0 bridgehead atoms. The van der Waals surface area contributed by atoms with Crippen LogP contribution >= 0.6 is 11.6 Å². The van der Waals surface area contributed by atoms with Gasteiger partial charge in [-0.1, -0.05) is 11.6 Å². The standard InChI is InChI=1S/C8H12ClN3O/c1-11-4-2-3-7(11)12-8(9)6(13)5-10-12/h5,7,13H,2-4H2,1H3. The first kappa shape index (κ1) is 8.84. The van der Waals surface area contributed by atoms with Crippen molar-refractivity contribution >= 4 is 11.6 Å². The fourth-order valence-corrected chi connectivity index (χ4v) is 1.95. The third-order valence-corrected chi connectivity index (χ3v) is 2.85. The van der Waals surface area contributed by atoms with Gasteiger partial charge in [0.1, 0.15) is 6.17 Å². The Morgan fingerprint density at radius 2 is 2.46 bits per heavy atom. The van der Waals surface area contributed by atoms with Gasteiger partial charge in [-0.3, -0.25) is 4.90 Å². The molecular formula is C8H12ClN3O. The lowest BCUT2D eigenvalue weighted by Crippen LogP contribution is -2.23. The van der Waals surface area contributed by atoms with Crippen molar-refractivity contribution in [1.82, 2.24) is 14.7 Å². The molecule has 1 aromatic rings. The van der Waals surface area contributed by atoms with E-state index in [9.17, 15) is 5.11 Å². The lowest BCUT2D eigenvalue weighted by molar-refractivity contribution is 0.220. The van der Waals surface area contributed by atoms with Gasteiger partial charge in [0, 0.05) is 0 Å². The van der Waals surface area contributed by atoms with Gasteiger partial charge in [0.15, 0.2) is 10.9 Å². The van der Waals surface area contributed by atoms with E-state index < -0.39 is 0 Å². The lowest BCUT2D eigenvalue weighted by Gasteiger charge is -2.20. The van der Waals surface area contributed by atoms with E-state index in [1.54, 1.807) is 4.68 Å². The predicted molar refractivity (Wildman–Crippen MR) is 49.8 cm³/mol. The summed E-state index contributed by atoms with van der Waals surface area (Å²) in [6, 6.07) is 0. The fourth-order valence-electron chi connectivity index (χ4n) is 1.75. The lowest BCUT2D eigenvalue weighted by atomic mass is 10.3. The number of halogens is 1. The van der Waals surface area contributed by atoms with Crippen LogP contribution in [0.3, 0.4) is 0 Å². The van der Waals surface area contributed by atoms with Crippen LogP contribution in [0, 0.1) is 0 Å². The van der Waals surface area contributed by atoms with Crippen molar-refractivity contribution in [3.63, 3.8) is 0 Å². The van der Waals surface area contributed by atoms with Gasteiger partial charge in [0.05, 0.1) is 6.20 Å². The van der Waals surface area contributed by atoms with E-state index in [0.717, 1.165) is 19.4 Å². The molecule has 0 spiro atoms. The topological polar surface area (TPSA) is 41.3 Å². The van der Waals surface area contributed by atoms with Crippen molar-refractivity contribution in [2.24, 2.45) is 0 Å². The maximum atomic E-state index is 9.25. The van der Waals surface area contributed by atoms with Crippen LogP contribution in [-0.2, 0) is 0 Å². The summed E-state index contributed by atoms with van der Waals surface area (Å²) in [5.41, 5.74) is 0. The van der Waals surface area contributed by atoms with E-state index in [4.69, 9.17) is 11.6 Å². The van der Waals surface area contributed by atoms with Gasteiger partial charge in [-0.15, -0.1) is 0 Å². The molecule has 0 saturated carbocycles. The van der Waals surface area contributed by atoms with Gasteiger partial charge in [0.2, 0.25) is 0 Å². The number of likely N-dealkylation sites (tertiary alicyclic amines) is 1. The molecule has 0 aliphatic carbocycles. The fraction of sp³-hybridized carbons (Fsp3) is 0.625. The second-order valence-corrected chi connectivity index (χ2v) is 3.73. The van der Waals surface area contributed by atoms with E-state index >= 15 is 0 Å². The average Bonchev–Trinajstić information content (AvgIpc) is 2.62. The monoisotopic (exact) mass is 201 g/mol. The highest BCUT2D eigenvalue weighted by Gasteiger charge is 2.25. The third kappa shape index (κ3) is 1.40. The maximum Gasteiger partial charge on any atom is 0.173 e. The van der Waals surface area contributed by atoms with Crippen LogP contribution < -0.4 is 0 Å². The Labute approximate surface area is 81.7 Å². The summed E-state index contributed by atoms with van der Waals surface area (Å²) < 4.78 is 1.67. The Bertz CT molecular complexity index is 312. The molecule has 72 valence electrons. The molecule has 0 amide bonds. The Morgan fingerprint density at radius 3 is 2.92 bits per heavy atom. The molecule has 1 unspecified atom stereocenters. The van der Waals surface area contributed by atoms with Crippen LogP contribution in [0.5, 0.6) is 5.75 Å². The third-order valence-electron chi connectivity index (χ3n) is 2.48. The van der Waals surface area contributed by atoms with Gasteiger partial charge in [-0.25, -0.2) is 4.68 Å². The molecule has 1 fully saturated rings. The van der Waals surface area contributed by atoms with Crippen molar-refractivity contribution in [1.29, 1.82) is 0 Å². The van der Waals surface area contributed by atoms with Crippen LogP contribution in [0.25, 0.3) is 0 Å². The first-order valence-corrected chi connectivity index (χ1v) is 4.70. The van der Waals surface area contributed by atoms with Crippen LogP contribution in [0.1, 0.15) is 19.0 Å². The Hall–Kier alpha value is -0.740. The van der Waals surface area contributed by atoms with Crippen molar-refractivity contribution in [2.45, 2.75) is 19.0 Å². The van der Waals surface area contributed by atoms with Gasteiger partial charge in [-0.2, -0.15) is 5.10 Å². The highest BCUT2D eigenvalue weighted by molar-refractivity contribution is 6.30. The Kier molecular flexibility index (Phi) is 2.17. The smallest absolute Gasteiger partial charge is 0.173 e. The number of aromatic nitrogens is 2. The van der Waals surface area contributed by atoms with Crippen LogP contribution in [-0.4, -0.2) is 33.4 Å². The molecule has 1 N–H and O–H groups in total. The number of hydrogen-bond donors (Lipinski definition) is 1. The van der Waals surface area contributed by atoms with Gasteiger partial charge in [0.25, 0.3) is 0 Å². The zero-order valence-electron chi connectivity index (χ0n) is 7.44. The van der Waals surface area contributed by atoms with Gasteiger partial charge in [-0.05, 0) is 26.4 Å². The molecule has 1 aliphatic rings. The zero-order valence-corrected chi connectivity index (χ0v) is 8.20. The summed E-state index contributed by atoms with van der Waals surface area (Å²) >= 11 is 5.88. The van der Waals surface area contributed by atoms with E-state index in [1.807, 2.05) is 7.05 Å². The van der Waals surface area contributed by atoms with E-state index in [2.05, 4.69) is 10.00 Å². The summed E-state index contributed by atoms with van der Waals surface area (Å²) in [5.74, 6) is 0.0574. The molecule has 0 radical (unpaired) electrons. The average molecular weight is 202 g/mol. The van der Waals surface area contributed by atoms with Crippen LogP contribution in [0.4, 0.5) is 0 Å². The second-order valence-electron chi connectivity index (χ2n) is 3.37. The first-order chi connectivity index (χ1) is 6.20. The minimum atomic E-state index is 0.0574. The number of nitrogens with zero attached hydrogens (tertiary/aromatic N) is 3. The Morgan fingerprint density at radius 1 is 1.69 bits per heavy atom. The highest BCUT2D eigenvalue weighted by atomic mass is 35.5. The summed E-state index contributed by atoms with van der Waals surface area (Å²) in [4.78, 5) is 2.18. The largest absolute Gasteiger partial charge is 0.504 e. The normalized spacial score (nSPS) is 24.0. The molecule has 1 aliphatic heterocycles. The summed E-state index contributed by atoms with van der Waals surface area (Å²) in [7, 11) is 2.03. The first-order valence-electron chi connectivity index (χ1n) is 4.32. The van der Waals surface area contributed by atoms with Crippen molar-refractivity contribution in [3.8, 4) is 5.75 Å². The molecule has 5 heteroatoms. The summed E-state index contributed by atoms with van der Waals surface area (Å²) in [6.07, 6.45) is 3.78.